The van der Waals surface area contributed by atoms with Gasteiger partial charge in [-0.15, -0.1) is 11.3 Å². The van der Waals surface area contributed by atoms with Gasteiger partial charge in [0.2, 0.25) is 0 Å². The summed E-state index contributed by atoms with van der Waals surface area (Å²) in [5, 5.41) is 2.06. The Labute approximate surface area is 93.7 Å². The molecule has 2 nitrogen and oxygen atoms in total. The van der Waals surface area contributed by atoms with Gasteiger partial charge in [0.05, 0.1) is 6.04 Å². The second-order valence-electron chi connectivity index (χ2n) is 3.60. The van der Waals surface area contributed by atoms with Gasteiger partial charge in [0.15, 0.2) is 0 Å². The monoisotopic (exact) mass is 221 g/mol. The lowest BCUT2D eigenvalue weighted by atomic mass is 10.1. The quantitative estimate of drug-likeness (QED) is 0.864. The van der Waals surface area contributed by atoms with Crippen LogP contribution >= 0.6 is 11.3 Å². The minimum Gasteiger partial charge on any atom is -0.464 e. The summed E-state index contributed by atoms with van der Waals surface area (Å²) in [5.41, 5.74) is 7.38. The van der Waals surface area contributed by atoms with Crippen molar-refractivity contribution >= 4 is 11.3 Å². The maximum Gasteiger partial charge on any atom is 0.126 e. The Hall–Kier alpha value is -1.06. The molecule has 0 fully saturated rings. The average Bonchev–Trinajstić information content (AvgIpc) is 2.84. The second-order valence-corrected chi connectivity index (χ2v) is 4.55. The fourth-order valence-electron chi connectivity index (χ4n) is 1.58. The molecule has 0 aliphatic rings. The third-order valence-corrected chi connectivity index (χ3v) is 3.62. The Morgan fingerprint density at radius 3 is 2.73 bits per heavy atom. The van der Waals surface area contributed by atoms with Gasteiger partial charge in [0.25, 0.3) is 0 Å². The smallest absolute Gasteiger partial charge is 0.126 e. The van der Waals surface area contributed by atoms with Crippen molar-refractivity contribution in [1.82, 2.24) is 0 Å². The van der Waals surface area contributed by atoms with Crippen LogP contribution in [0.3, 0.4) is 0 Å². The molecule has 2 aromatic rings. The van der Waals surface area contributed by atoms with E-state index in [2.05, 4.69) is 25.3 Å². The van der Waals surface area contributed by atoms with Crippen LogP contribution in [0.15, 0.2) is 28.0 Å². The van der Waals surface area contributed by atoms with Crippen molar-refractivity contribution < 1.29 is 4.42 Å². The van der Waals surface area contributed by atoms with E-state index in [4.69, 9.17) is 10.2 Å². The maximum absolute atomic E-state index is 6.15. The number of rotatable bonds is 3. The average molecular weight is 221 g/mol. The van der Waals surface area contributed by atoms with E-state index in [1.165, 1.54) is 10.4 Å². The first-order valence-electron chi connectivity index (χ1n) is 5.10. The van der Waals surface area contributed by atoms with E-state index in [0.29, 0.717) is 0 Å². The van der Waals surface area contributed by atoms with Crippen LogP contribution in [-0.2, 0) is 6.42 Å². The highest BCUT2D eigenvalue weighted by molar-refractivity contribution is 7.10. The highest BCUT2D eigenvalue weighted by Gasteiger charge is 2.15. The van der Waals surface area contributed by atoms with Gasteiger partial charge in [0.1, 0.15) is 11.5 Å². The molecule has 0 radical (unpaired) electrons. The van der Waals surface area contributed by atoms with Gasteiger partial charge in [-0.05, 0) is 36.1 Å². The van der Waals surface area contributed by atoms with E-state index in [0.717, 1.165) is 17.9 Å². The van der Waals surface area contributed by atoms with E-state index in [9.17, 15) is 0 Å². The molecule has 15 heavy (non-hydrogen) atoms. The first-order valence-corrected chi connectivity index (χ1v) is 5.98. The Kier molecular flexibility index (Phi) is 2.93. The zero-order valence-corrected chi connectivity index (χ0v) is 9.80. The second kappa shape index (κ2) is 4.21. The Bertz CT molecular complexity index is 444. The number of nitrogens with two attached hydrogens (primary N) is 1. The van der Waals surface area contributed by atoms with E-state index >= 15 is 0 Å². The molecular weight excluding hydrogens is 206 g/mol. The van der Waals surface area contributed by atoms with E-state index in [1.807, 2.05) is 12.1 Å². The number of thiophene rings is 1. The molecule has 2 heterocycles. The molecular formula is C12H15NOS. The molecule has 0 spiro atoms. The Morgan fingerprint density at radius 1 is 1.40 bits per heavy atom. The summed E-state index contributed by atoms with van der Waals surface area (Å²) in [6, 6.07) is 5.94. The van der Waals surface area contributed by atoms with Crippen molar-refractivity contribution in [3.63, 3.8) is 0 Å². The molecule has 1 unspecified atom stereocenters. The van der Waals surface area contributed by atoms with E-state index in [1.54, 1.807) is 11.3 Å². The van der Waals surface area contributed by atoms with Gasteiger partial charge in [-0.3, -0.25) is 0 Å². The van der Waals surface area contributed by atoms with Crippen molar-refractivity contribution in [2.45, 2.75) is 26.3 Å². The minimum atomic E-state index is -0.120. The van der Waals surface area contributed by atoms with Gasteiger partial charge < -0.3 is 10.2 Å². The number of hydrogen-bond acceptors (Lipinski definition) is 3. The molecule has 0 saturated heterocycles. The van der Waals surface area contributed by atoms with Crippen LogP contribution in [0.5, 0.6) is 0 Å². The van der Waals surface area contributed by atoms with Gasteiger partial charge >= 0.3 is 0 Å². The molecule has 0 amide bonds. The predicted molar refractivity (Wildman–Crippen MR) is 63.2 cm³/mol. The summed E-state index contributed by atoms with van der Waals surface area (Å²) in [5.74, 6) is 1.85. The van der Waals surface area contributed by atoms with E-state index < -0.39 is 0 Å². The zero-order chi connectivity index (χ0) is 10.8. The molecule has 3 heteroatoms. The molecule has 0 aliphatic carbocycles. The van der Waals surface area contributed by atoms with Gasteiger partial charge in [0, 0.05) is 11.3 Å². The molecule has 2 N–H and O–H groups in total. The number of aryl methyl sites for hydroxylation is 2. The summed E-state index contributed by atoms with van der Waals surface area (Å²) in [7, 11) is 0. The third-order valence-electron chi connectivity index (χ3n) is 2.52. The molecule has 2 aromatic heterocycles. The summed E-state index contributed by atoms with van der Waals surface area (Å²) in [6.07, 6.45) is 0.913. The first-order chi connectivity index (χ1) is 7.22. The van der Waals surface area contributed by atoms with Crippen LogP contribution in [0, 0.1) is 6.92 Å². The normalized spacial score (nSPS) is 13.0. The molecule has 0 aromatic carbocycles. The third kappa shape index (κ3) is 1.98. The van der Waals surface area contributed by atoms with Gasteiger partial charge in [-0.25, -0.2) is 0 Å². The summed E-state index contributed by atoms with van der Waals surface area (Å²) >= 11 is 1.68. The topological polar surface area (TPSA) is 39.2 Å². The highest BCUT2D eigenvalue weighted by Crippen LogP contribution is 2.28. The lowest BCUT2D eigenvalue weighted by Gasteiger charge is -2.07. The van der Waals surface area contributed by atoms with Crippen LogP contribution in [0.1, 0.15) is 34.9 Å². The van der Waals surface area contributed by atoms with Crippen LogP contribution in [0.4, 0.5) is 0 Å². The van der Waals surface area contributed by atoms with Gasteiger partial charge in [-0.1, -0.05) is 6.92 Å². The summed E-state index contributed by atoms with van der Waals surface area (Å²) in [4.78, 5) is 1.19. The standard InChI is InChI=1S/C12H15NOS/c1-3-9-4-5-10(14-9)11(13)12-8(2)6-7-15-12/h4-7,11H,3,13H2,1-2H3. The molecule has 0 aliphatic heterocycles. The van der Waals surface area contributed by atoms with Crippen LogP contribution < -0.4 is 5.73 Å². The van der Waals surface area contributed by atoms with E-state index in [-0.39, 0.29) is 6.04 Å². The molecule has 80 valence electrons. The molecule has 1 atom stereocenters. The van der Waals surface area contributed by atoms with Crippen molar-refractivity contribution in [2.75, 3.05) is 0 Å². The SMILES string of the molecule is CCc1ccc(C(N)c2sccc2C)o1. The van der Waals surface area contributed by atoms with Gasteiger partial charge in [-0.2, -0.15) is 0 Å². The predicted octanol–water partition coefficient (Wildman–Crippen LogP) is 3.26. The van der Waals surface area contributed by atoms with Crippen molar-refractivity contribution in [2.24, 2.45) is 5.73 Å². The minimum absolute atomic E-state index is 0.120. The van der Waals surface area contributed by atoms with Crippen molar-refractivity contribution in [3.05, 3.63) is 45.5 Å². The van der Waals surface area contributed by atoms with Crippen molar-refractivity contribution in [3.8, 4) is 0 Å². The Morgan fingerprint density at radius 2 is 2.20 bits per heavy atom. The molecule has 0 bridgehead atoms. The largest absolute Gasteiger partial charge is 0.464 e. The first kappa shape index (κ1) is 10.5. The van der Waals surface area contributed by atoms with Crippen LogP contribution in [-0.4, -0.2) is 0 Å². The number of hydrogen-bond donors (Lipinski definition) is 1. The summed E-state index contributed by atoms with van der Waals surface area (Å²) in [6.45, 7) is 4.15. The van der Waals surface area contributed by atoms with Crippen LogP contribution in [0.2, 0.25) is 0 Å². The zero-order valence-electron chi connectivity index (χ0n) is 8.99. The molecule has 0 saturated carbocycles. The number of furan rings is 1. The lowest BCUT2D eigenvalue weighted by Crippen LogP contribution is -2.10. The fraction of sp³-hybridized carbons (Fsp3) is 0.333. The van der Waals surface area contributed by atoms with Crippen molar-refractivity contribution in [1.29, 1.82) is 0 Å². The van der Waals surface area contributed by atoms with Crippen LogP contribution in [0.25, 0.3) is 0 Å². The molecule has 2 rings (SSSR count). The summed E-state index contributed by atoms with van der Waals surface area (Å²) < 4.78 is 5.66. The Balaban J connectivity index is 2.28. The lowest BCUT2D eigenvalue weighted by molar-refractivity contribution is 0.455. The maximum atomic E-state index is 6.15. The highest BCUT2D eigenvalue weighted by atomic mass is 32.1. The fourth-order valence-corrected chi connectivity index (χ4v) is 2.52.